The predicted octanol–water partition coefficient (Wildman–Crippen LogP) is 4.36. The highest BCUT2D eigenvalue weighted by Crippen LogP contribution is 2.27. The van der Waals surface area contributed by atoms with E-state index in [1.54, 1.807) is 19.2 Å². The van der Waals surface area contributed by atoms with Gasteiger partial charge in [0, 0.05) is 36.6 Å². The number of nitrogens with one attached hydrogen (secondary N) is 1. The van der Waals surface area contributed by atoms with Gasteiger partial charge in [0.2, 0.25) is 5.91 Å². The number of likely N-dealkylation sites (tertiary alicyclic amines) is 1. The molecule has 0 bridgehead atoms. The molecular formula is C23H29ClN2O3. The van der Waals surface area contributed by atoms with Crippen LogP contribution in [-0.2, 0) is 17.9 Å². The van der Waals surface area contributed by atoms with Gasteiger partial charge in [-0.3, -0.25) is 9.69 Å². The molecule has 0 radical (unpaired) electrons. The molecule has 0 spiro atoms. The van der Waals surface area contributed by atoms with E-state index in [-0.39, 0.29) is 11.7 Å². The number of carbonyl (C=O) groups is 1. The summed E-state index contributed by atoms with van der Waals surface area (Å²) >= 11 is 6.06. The van der Waals surface area contributed by atoms with E-state index in [1.807, 2.05) is 30.3 Å². The Morgan fingerprint density at radius 3 is 3.00 bits per heavy atom. The number of piperidine rings is 1. The number of phenols is 1. The molecule has 1 fully saturated rings. The van der Waals surface area contributed by atoms with Crippen LogP contribution in [0.15, 0.2) is 42.5 Å². The third kappa shape index (κ3) is 6.65. The summed E-state index contributed by atoms with van der Waals surface area (Å²) in [6, 6.07) is 12.9. The monoisotopic (exact) mass is 416 g/mol. The van der Waals surface area contributed by atoms with Gasteiger partial charge in [0.05, 0.1) is 7.11 Å². The van der Waals surface area contributed by atoms with Crippen LogP contribution in [0, 0.1) is 5.92 Å². The zero-order chi connectivity index (χ0) is 20.6. The van der Waals surface area contributed by atoms with E-state index in [0.717, 1.165) is 49.2 Å². The van der Waals surface area contributed by atoms with E-state index in [4.69, 9.17) is 16.3 Å². The number of nitrogens with zero attached hydrogens (tertiary/aromatic N) is 1. The molecule has 2 N–H and O–H groups in total. The van der Waals surface area contributed by atoms with Crippen LogP contribution in [0.4, 0.5) is 0 Å². The molecule has 1 amide bonds. The van der Waals surface area contributed by atoms with Crippen molar-refractivity contribution in [2.75, 3.05) is 20.2 Å². The number of aromatic hydroxyl groups is 1. The Hall–Kier alpha value is -2.24. The van der Waals surface area contributed by atoms with Crippen molar-refractivity contribution >= 4 is 17.5 Å². The van der Waals surface area contributed by atoms with Crippen molar-refractivity contribution < 1.29 is 14.6 Å². The number of hydrogen-bond acceptors (Lipinski definition) is 4. The van der Waals surface area contributed by atoms with Gasteiger partial charge in [-0.05, 0) is 67.6 Å². The van der Waals surface area contributed by atoms with Crippen LogP contribution in [0.1, 0.15) is 36.8 Å². The fourth-order valence-electron chi connectivity index (χ4n) is 3.86. The Labute approximate surface area is 177 Å². The molecule has 1 aliphatic rings. The number of phenolic OH excluding ortho intramolecular Hbond substituents is 1. The zero-order valence-electron chi connectivity index (χ0n) is 16.9. The van der Waals surface area contributed by atoms with Crippen LogP contribution in [0.2, 0.25) is 5.02 Å². The maximum Gasteiger partial charge on any atom is 0.220 e. The first-order valence-corrected chi connectivity index (χ1v) is 10.5. The summed E-state index contributed by atoms with van der Waals surface area (Å²) in [7, 11) is 1.64. The van der Waals surface area contributed by atoms with Gasteiger partial charge in [-0.1, -0.05) is 23.7 Å². The molecule has 0 unspecified atom stereocenters. The fraction of sp³-hybridized carbons (Fsp3) is 0.435. The molecule has 1 atom stereocenters. The smallest absolute Gasteiger partial charge is 0.220 e. The molecule has 5 nitrogen and oxygen atoms in total. The van der Waals surface area contributed by atoms with Crippen molar-refractivity contribution in [3.63, 3.8) is 0 Å². The van der Waals surface area contributed by atoms with Gasteiger partial charge in [-0.2, -0.15) is 0 Å². The van der Waals surface area contributed by atoms with Crippen LogP contribution in [0.3, 0.4) is 0 Å². The van der Waals surface area contributed by atoms with E-state index in [9.17, 15) is 9.90 Å². The highest BCUT2D eigenvalue weighted by atomic mass is 35.5. The summed E-state index contributed by atoms with van der Waals surface area (Å²) in [5, 5.41) is 13.7. The van der Waals surface area contributed by atoms with Crippen molar-refractivity contribution in [2.24, 2.45) is 5.92 Å². The van der Waals surface area contributed by atoms with Crippen molar-refractivity contribution in [1.82, 2.24) is 10.2 Å². The van der Waals surface area contributed by atoms with E-state index in [0.29, 0.717) is 30.5 Å². The molecule has 2 aromatic rings. The van der Waals surface area contributed by atoms with Crippen LogP contribution in [0.25, 0.3) is 0 Å². The Balaban J connectivity index is 1.43. The number of benzene rings is 2. The average molecular weight is 417 g/mol. The SMILES string of the molecule is COc1cccc(CNC(=O)CC[C@H]2CCCN(Cc3cc(Cl)ccc3O)C2)c1. The Morgan fingerprint density at radius 1 is 1.31 bits per heavy atom. The van der Waals surface area contributed by atoms with Gasteiger partial charge < -0.3 is 15.2 Å². The third-order valence-electron chi connectivity index (χ3n) is 5.44. The van der Waals surface area contributed by atoms with Crippen LogP contribution < -0.4 is 10.1 Å². The second kappa shape index (κ2) is 10.5. The number of methoxy groups -OCH3 is 1. The fourth-order valence-corrected chi connectivity index (χ4v) is 4.05. The van der Waals surface area contributed by atoms with Gasteiger partial charge in [-0.25, -0.2) is 0 Å². The van der Waals surface area contributed by atoms with Crippen molar-refractivity contribution in [3.8, 4) is 11.5 Å². The van der Waals surface area contributed by atoms with Gasteiger partial charge in [0.25, 0.3) is 0 Å². The highest BCUT2D eigenvalue weighted by molar-refractivity contribution is 6.30. The van der Waals surface area contributed by atoms with Gasteiger partial charge in [0.1, 0.15) is 11.5 Å². The quantitative estimate of drug-likeness (QED) is 0.671. The summed E-state index contributed by atoms with van der Waals surface area (Å²) in [6.45, 7) is 3.14. The molecule has 6 heteroatoms. The minimum absolute atomic E-state index is 0.0810. The molecule has 0 aromatic heterocycles. The van der Waals surface area contributed by atoms with Crippen molar-refractivity contribution in [1.29, 1.82) is 0 Å². The second-order valence-electron chi connectivity index (χ2n) is 7.68. The number of hydrogen-bond donors (Lipinski definition) is 2. The maximum absolute atomic E-state index is 12.3. The zero-order valence-corrected chi connectivity index (χ0v) is 17.6. The molecule has 1 heterocycles. The average Bonchev–Trinajstić information content (AvgIpc) is 2.74. The first-order valence-electron chi connectivity index (χ1n) is 10.1. The minimum Gasteiger partial charge on any atom is -0.508 e. The number of ether oxygens (including phenoxy) is 1. The molecule has 2 aromatic carbocycles. The maximum atomic E-state index is 12.3. The Bertz CT molecular complexity index is 828. The molecule has 29 heavy (non-hydrogen) atoms. The van der Waals surface area contributed by atoms with Crippen molar-refractivity contribution in [3.05, 3.63) is 58.6 Å². The molecule has 1 saturated heterocycles. The van der Waals surface area contributed by atoms with E-state index in [1.165, 1.54) is 0 Å². The molecule has 0 aliphatic carbocycles. The lowest BCUT2D eigenvalue weighted by Crippen LogP contribution is -2.35. The van der Waals surface area contributed by atoms with E-state index < -0.39 is 0 Å². The minimum atomic E-state index is 0.0810. The lowest BCUT2D eigenvalue weighted by Gasteiger charge is -2.33. The summed E-state index contributed by atoms with van der Waals surface area (Å²) in [5.74, 6) is 1.66. The van der Waals surface area contributed by atoms with Crippen LogP contribution in [0.5, 0.6) is 11.5 Å². The van der Waals surface area contributed by atoms with Gasteiger partial charge in [-0.15, -0.1) is 0 Å². The van der Waals surface area contributed by atoms with Crippen molar-refractivity contribution in [2.45, 2.75) is 38.8 Å². The van der Waals surface area contributed by atoms with Crippen LogP contribution in [-0.4, -0.2) is 36.1 Å². The molecular weight excluding hydrogens is 388 g/mol. The normalized spacial score (nSPS) is 17.1. The predicted molar refractivity (Wildman–Crippen MR) is 115 cm³/mol. The number of halogens is 1. The lowest BCUT2D eigenvalue weighted by atomic mass is 9.93. The Morgan fingerprint density at radius 2 is 2.17 bits per heavy atom. The van der Waals surface area contributed by atoms with Gasteiger partial charge in [0.15, 0.2) is 0 Å². The molecule has 0 saturated carbocycles. The standard InChI is InChI=1S/C23H29ClN2O3/c1-29-21-6-2-4-18(12-21)14-25-23(28)10-7-17-5-3-11-26(15-17)16-19-13-20(24)8-9-22(19)27/h2,4,6,8-9,12-13,17,27H,3,5,7,10-11,14-16H2,1H3,(H,25,28)/t17-/m1/s1. The lowest BCUT2D eigenvalue weighted by molar-refractivity contribution is -0.121. The summed E-state index contributed by atoms with van der Waals surface area (Å²) in [5.41, 5.74) is 1.89. The number of rotatable bonds is 8. The van der Waals surface area contributed by atoms with Gasteiger partial charge >= 0.3 is 0 Å². The number of amides is 1. The molecule has 156 valence electrons. The first kappa shape index (κ1) is 21.5. The molecule has 1 aliphatic heterocycles. The molecule has 3 rings (SSSR count). The summed E-state index contributed by atoms with van der Waals surface area (Å²) in [4.78, 5) is 14.6. The largest absolute Gasteiger partial charge is 0.508 e. The highest BCUT2D eigenvalue weighted by Gasteiger charge is 2.21. The Kier molecular flexibility index (Phi) is 7.78. The topological polar surface area (TPSA) is 61.8 Å². The van der Waals surface area contributed by atoms with E-state index in [2.05, 4.69) is 10.2 Å². The van der Waals surface area contributed by atoms with E-state index >= 15 is 0 Å². The second-order valence-corrected chi connectivity index (χ2v) is 8.12. The third-order valence-corrected chi connectivity index (χ3v) is 5.68. The summed E-state index contributed by atoms with van der Waals surface area (Å²) < 4.78 is 5.21. The summed E-state index contributed by atoms with van der Waals surface area (Å²) in [6.07, 6.45) is 3.66. The van der Waals surface area contributed by atoms with Crippen LogP contribution >= 0.6 is 11.6 Å². The first-order chi connectivity index (χ1) is 14.0. The number of carbonyl (C=O) groups excluding carboxylic acids is 1.